The van der Waals surface area contributed by atoms with Crippen molar-refractivity contribution < 1.29 is 14.4 Å². The van der Waals surface area contributed by atoms with Crippen LogP contribution in [0.3, 0.4) is 0 Å². The lowest BCUT2D eigenvalue weighted by molar-refractivity contribution is -0.910. The van der Waals surface area contributed by atoms with Gasteiger partial charge in [0.2, 0.25) is 0 Å². The van der Waals surface area contributed by atoms with Gasteiger partial charge in [0.05, 0.1) is 26.7 Å². The van der Waals surface area contributed by atoms with Crippen LogP contribution in [-0.4, -0.2) is 37.1 Å². The Bertz CT molecular complexity index is 373. The van der Waals surface area contributed by atoms with Crippen molar-refractivity contribution in [3.05, 3.63) is 0 Å². The van der Waals surface area contributed by atoms with E-state index in [1.807, 2.05) is 0 Å². The first-order chi connectivity index (χ1) is 15.6. The van der Waals surface area contributed by atoms with E-state index in [4.69, 9.17) is 0 Å². The number of quaternary nitrogens is 1. The lowest BCUT2D eigenvalue weighted by Crippen LogP contribution is -2.46. The van der Waals surface area contributed by atoms with Crippen LogP contribution in [0, 0.1) is 5.41 Å². The minimum atomic E-state index is -1.01. The van der Waals surface area contributed by atoms with Gasteiger partial charge in [-0.25, -0.2) is 0 Å². The summed E-state index contributed by atoms with van der Waals surface area (Å²) < 4.78 is 1.36. The predicted molar refractivity (Wildman–Crippen MR) is 145 cm³/mol. The maximum absolute atomic E-state index is 9.91. The van der Waals surface area contributed by atoms with Gasteiger partial charge in [-0.1, -0.05) is 119 Å². The van der Waals surface area contributed by atoms with Crippen molar-refractivity contribution >= 4 is 5.97 Å². The molecule has 0 rings (SSSR count). The van der Waals surface area contributed by atoms with Crippen LogP contribution < -0.4 is 5.11 Å². The van der Waals surface area contributed by atoms with E-state index < -0.39 is 11.4 Å². The standard InChI is InChI=1S/C25H54N.C5H10O2/c1-5-8-11-14-17-20-23-26(4,24-21-18-15-12-9-6-2)25-22-19-16-13-10-7-3;1-5(2,3)4(6)7/h5-25H2,1-4H3;1-3H3,(H,6,7)/q+1;/p-1. The van der Waals surface area contributed by atoms with Gasteiger partial charge in [-0.15, -0.1) is 0 Å². The van der Waals surface area contributed by atoms with Crippen LogP contribution in [-0.2, 0) is 4.79 Å². The van der Waals surface area contributed by atoms with Gasteiger partial charge >= 0.3 is 0 Å². The molecule has 0 aliphatic carbocycles. The van der Waals surface area contributed by atoms with Gasteiger partial charge < -0.3 is 14.4 Å². The van der Waals surface area contributed by atoms with Gasteiger partial charge in [-0.3, -0.25) is 0 Å². The molecule has 0 radical (unpaired) electrons. The van der Waals surface area contributed by atoms with Crippen LogP contribution in [0.1, 0.15) is 157 Å². The lowest BCUT2D eigenvalue weighted by atomic mass is 9.98. The molecule has 0 N–H and O–H groups in total. The molecule has 0 aromatic rings. The molecule has 3 heteroatoms. The highest BCUT2D eigenvalue weighted by molar-refractivity contribution is 5.70. The Hall–Kier alpha value is -0.570. The Balaban J connectivity index is 0. The van der Waals surface area contributed by atoms with E-state index >= 15 is 0 Å². The molecule has 0 aliphatic heterocycles. The fraction of sp³-hybridized carbons (Fsp3) is 0.967. The van der Waals surface area contributed by atoms with E-state index in [0.29, 0.717) is 0 Å². The average molecular weight is 470 g/mol. The zero-order chi connectivity index (χ0) is 25.4. The van der Waals surface area contributed by atoms with E-state index in [2.05, 4.69) is 27.8 Å². The number of carboxylic acids is 1. The molecule has 33 heavy (non-hydrogen) atoms. The van der Waals surface area contributed by atoms with Gasteiger partial charge in [-0.05, 0) is 38.5 Å². The summed E-state index contributed by atoms with van der Waals surface area (Å²) in [5, 5.41) is 9.91. The molecule has 0 atom stereocenters. The summed E-state index contributed by atoms with van der Waals surface area (Å²) >= 11 is 0. The number of hydrogen-bond acceptors (Lipinski definition) is 2. The topological polar surface area (TPSA) is 40.1 Å². The highest BCUT2D eigenvalue weighted by atomic mass is 16.4. The average Bonchev–Trinajstić information content (AvgIpc) is 2.75. The summed E-state index contributed by atoms with van der Waals surface area (Å²) in [6.45, 7) is 16.0. The normalized spacial score (nSPS) is 11.8. The predicted octanol–water partition coefficient (Wildman–Crippen LogP) is 8.30. The molecule has 0 saturated heterocycles. The van der Waals surface area contributed by atoms with Gasteiger partial charge in [0, 0.05) is 11.4 Å². The SMILES string of the molecule is CC(C)(C)C(=O)[O-].CCCCCCCC[N+](C)(CCCCCCCC)CCCCCCCC. The molecular formula is C30H63NO2. The second kappa shape index (κ2) is 23.2. The van der Waals surface area contributed by atoms with E-state index in [1.54, 1.807) is 20.8 Å². The van der Waals surface area contributed by atoms with Crippen molar-refractivity contribution in [1.29, 1.82) is 0 Å². The molecule has 3 nitrogen and oxygen atoms in total. The summed E-state index contributed by atoms with van der Waals surface area (Å²) in [7, 11) is 2.56. The molecule has 0 unspecified atom stereocenters. The molecule has 0 heterocycles. The van der Waals surface area contributed by atoms with Crippen LogP contribution in [0.5, 0.6) is 0 Å². The Labute approximate surface area is 209 Å². The van der Waals surface area contributed by atoms with Crippen LogP contribution in [0.15, 0.2) is 0 Å². The van der Waals surface area contributed by atoms with E-state index in [-0.39, 0.29) is 0 Å². The lowest BCUT2D eigenvalue weighted by Gasteiger charge is -2.35. The van der Waals surface area contributed by atoms with Gasteiger partial charge in [0.15, 0.2) is 0 Å². The minimum absolute atomic E-state index is 0.694. The quantitative estimate of drug-likeness (QED) is 0.125. The highest BCUT2D eigenvalue weighted by Crippen LogP contribution is 2.16. The van der Waals surface area contributed by atoms with Crippen molar-refractivity contribution in [2.24, 2.45) is 5.41 Å². The van der Waals surface area contributed by atoms with Crippen LogP contribution >= 0.6 is 0 Å². The molecule has 0 aliphatic rings. The third kappa shape index (κ3) is 25.9. The Kier molecular flexibility index (Phi) is 24.3. The zero-order valence-electron chi connectivity index (χ0n) is 24.1. The number of carbonyl (C=O) groups is 1. The first kappa shape index (κ1) is 34.6. The number of nitrogens with zero attached hydrogens (tertiary/aromatic N) is 1. The highest BCUT2D eigenvalue weighted by Gasteiger charge is 2.20. The summed E-state index contributed by atoms with van der Waals surface area (Å²) in [5.41, 5.74) is -0.694. The van der Waals surface area contributed by atoms with Crippen LogP contribution in [0.4, 0.5) is 0 Å². The summed E-state index contributed by atoms with van der Waals surface area (Å²) in [4.78, 5) is 9.91. The van der Waals surface area contributed by atoms with E-state index in [1.165, 1.54) is 140 Å². The van der Waals surface area contributed by atoms with E-state index in [9.17, 15) is 9.90 Å². The summed E-state index contributed by atoms with van der Waals surface area (Å²) in [5.74, 6) is -1.01. The third-order valence-electron chi connectivity index (χ3n) is 6.77. The molecule has 0 bridgehead atoms. The monoisotopic (exact) mass is 469 g/mol. The Morgan fingerprint density at radius 2 is 0.758 bits per heavy atom. The maximum atomic E-state index is 9.91. The Morgan fingerprint density at radius 1 is 0.545 bits per heavy atom. The van der Waals surface area contributed by atoms with E-state index in [0.717, 1.165) is 0 Å². The molecule has 0 aromatic heterocycles. The van der Waals surface area contributed by atoms with Crippen molar-refractivity contribution in [2.45, 2.75) is 157 Å². The van der Waals surface area contributed by atoms with Gasteiger partial charge in [0.25, 0.3) is 0 Å². The number of carboxylic acid groups (broad SMARTS) is 1. The minimum Gasteiger partial charge on any atom is -0.550 e. The number of carbonyl (C=O) groups excluding carboxylic acids is 1. The smallest absolute Gasteiger partial charge is 0.0784 e. The van der Waals surface area contributed by atoms with Crippen molar-refractivity contribution in [2.75, 3.05) is 26.7 Å². The van der Waals surface area contributed by atoms with Gasteiger partial charge in [-0.2, -0.15) is 0 Å². The fourth-order valence-corrected chi connectivity index (χ4v) is 4.16. The van der Waals surface area contributed by atoms with Crippen LogP contribution in [0.25, 0.3) is 0 Å². The molecule has 200 valence electrons. The molecule has 0 amide bonds. The second-order valence-electron chi connectivity index (χ2n) is 11.6. The largest absolute Gasteiger partial charge is 0.550 e. The first-order valence-electron chi connectivity index (χ1n) is 14.7. The number of aliphatic carboxylic acids is 1. The summed E-state index contributed by atoms with van der Waals surface area (Å²) in [6.07, 6.45) is 25.9. The number of rotatable bonds is 21. The van der Waals surface area contributed by atoms with Crippen molar-refractivity contribution in [3.8, 4) is 0 Å². The third-order valence-corrected chi connectivity index (χ3v) is 6.77. The maximum Gasteiger partial charge on any atom is 0.0784 e. The molecule has 0 saturated carbocycles. The Morgan fingerprint density at radius 3 is 0.970 bits per heavy atom. The van der Waals surface area contributed by atoms with Crippen LogP contribution in [0.2, 0.25) is 0 Å². The molecule has 0 fully saturated rings. The van der Waals surface area contributed by atoms with Gasteiger partial charge in [0.1, 0.15) is 0 Å². The number of hydrogen-bond donors (Lipinski definition) is 0. The second-order valence-corrected chi connectivity index (χ2v) is 11.6. The number of unbranched alkanes of at least 4 members (excludes halogenated alkanes) is 15. The van der Waals surface area contributed by atoms with Crippen molar-refractivity contribution in [3.63, 3.8) is 0 Å². The summed E-state index contributed by atoms with van der Waals surface area (Å²) in [6, 6.07) is 0. The fourth-order valence-electron chi connectivity index (χ4n) is 4.16. The van der Waals surface area contributed by atoms with Crippen molar-refractivity contribution in [1.82, 2.24) is 0 Å². The molecule has 0 aromatic carbocycles. The molecular weight excluding hydrogens is 406 g/mol. The first-order valence-corrected chi connectivity index (χ1v) is 14.7. The molecule has 0 spiro atoms. The zero-order valence-corrected chi connectivity index (χ0v) is 24.1.